The number of amides is 2. The van der Waals surface area contributed by atoms with Crippen molar-refractivity contribution in [1.82, 2.24) is 5.01 Å². The van der Waals surface area contributed by atoms with E-state index in [1.54, 1.807) is 0 Å². The third-order valence-electron chi connectivity index (χ3n) is 2.30. The minimum absolute atomic E-state index is 0.317. The lowest BCUT2D eigenvalue weighted by Crippen LogP contribution is -2.44. The third-order valence-corrected chi connectivity index (χ3v) is 2.30. The molecule has 18 heavy (non-hydrogen) atoms. The van der Waals surface area contributed by atoms with Gasteiger partial charge in [-0.2, -0.15) is 0 Å². The Morgan fingerprint density at radius 2 is 2.00 bits per heavy atom. The van der Waals surface area contributed by atoms with E-state index in [1.807, 2.05) is 0 Å². The van der Waals surface area contributed by atoms with Crippen LogP contribution in [0.25, 0.3) is 0 Å². The minimum Gasteiger partial charge on any atom is -0.394 e. The number of primary amides is 1. The average Bonchev–Trinajstić information content (AvgIpc) is 2.62. The molecule has 7 N–H and O–H groups in total. The van der Waals surface area contributed by atoms with Gasteiger partial charge in [0, 0.05) is 0 Å². The van der Waals surface area contributed by atoms with Gasteiger partial charge in [0.05, 0.1) is 6.61 Å². The van der Waals surface area contributed by atoms with Crippen molar-refractivity contribution in [1.29, 1.82) is 0 Å². The predicted molar refractivity (Wildman–Crippen MR) is 56.5 cm³/mol. The van der Waals surface area contributed by atoms with Gasteiger partial charge < -0.3 is 25.8 Å². The van der Waals surface area contributed by atoms with Crippen molar-refractivity contribution in [3.05, 3.63) is 0 Å². The Labute approximate surface area is 101 Å². The number of hydrogen-bond donors (Lipinski definition) is 5. The Morgan fingerprint density at radius 1 is 1.39 bits per heavy atom. The summed E-state index contributed by atoms with van der Waals surface area (Å²) in [6.07, 6.45) is -4.15. The van der Waals surface area contributed by atoms with Crippen molar-refractivity contribution in [2.75, 3.05) is 6.61 Å². The first-order chi connectivity index (χ1) is 8.38. The van der Waals surface area contributed by atoms with Gasteiger partial charge in [-0.05, 0) is 0 Å². The lowest BCUT2D eigenvalue weighted by molar-refractivity contribution is -0.141. The van der Waals surface area contributed by atoms with Crippen LogP contribution in [-0.2, 0) is 14.3 Å². The van der Waals surface area contributed by atoms with E-state index in [-0.39, 0.29) is 0 Å². The largest absolute Gasteiger partial charge is 0.394 e. The molecule has 0 saturated carbocycles. The normalized spacial score (nSPS) is 31.8. The average molecular weight is 262 g/mol. The topological polar surface area (TPSA) is 172 Å². The van der Waals surface area contributed by atoms with Crippen LogP contribution in [0.1, 0.15) is 0 Å². The van der Waals surface area contributed by atoms with Gasteiger partial charge in [0.15, 0.2) is 6.23 Å². The number of aliphatic imine (C=N–C) groups is 1. The second kappa shape index (κ2) is 5.84. The number of rotatable bonds is 3. The molecule has 1 aliphatic heterocycles. The fraction of sp³-hybridized carbons (Fsp3) is 0.625. The van der Waals surface area contributed by atoms with Crippen LogP contribution < -0.4 is 11.6 Å². The number of carbonyl (C=O) groups is 2. The highest BCUT2D eigenvalue weighted by atomic mass is 16.6. The van der Waals surface area contributed by atoms with Crippen LogP contribution in [-0.4, -0.2) is 69.6 Å². The maximum absolute atomic E-state index is 11.0. The number of carbonyl (C=O) groups excluding carboxylic acids is 2. The second-order valence-electron chi connectivity index (χ2n) is 3.57. The molecule has 0 spiro atoms. The van der Waals surface area contributed by atoms with Crippen molar-refractivity contribution in [3.63, 3.8) is 0 Å². The highest BCUT2D eigenvalue weighted by Crippen LogP contribution is 2.21. The van der Waals surface area contributed by atoms with Crippen LogP contribution in [0.4, 0.5) is 0 Å². The molecular weight excluding hydrogens is 248 g/mol. The van der Waals surface area contributed by atoms with Gasteiger partial charge in [-0.1, -0.05) is 0 Å². The number of hydrogen-bond acceptors (Lipinski definition) is 8. The molecule has 1 saturated heterocycles. The van der Waals surface area contributed by atoms with Crippen LogP contribution in [0.5, 0.6) is 0 Å². The number of hydrazine groups is 1. The van der Waals surface area contributed by atoms with Crippen LogP contribution in [0.2, 0.25) is 0 Å². The van der Waals surface area contributed by atoms with Crippen LogP contribution in [0, 0.1) is 0 Å². The molecule has 10 nitrogen and oxygen atoms in total. The summed E-state index contributed by atoms with van der Waals surface area (Å²) < 4.78 is 4.97. The molecular formula is C8H14N4O6. The summed E-state index contributed by atoms with van der Waals surface area (Å²) in [5.41, 5.74) is 4.69. The standard InChI is InChI=1S/C8H14N4O6/c9-6(16)8(17)12(10)2-11-7-5(15)4(14)3(1-13)18-7/h2-5,7,13-15H,1,10H2,(H2,9,16)/t3-,4-,5-,7-/m1/s1. The molecule has 4 atom stereocenters. The van der Waals surface area contributed by atoms with E-state index in [9.17, 15) is 19.8 Å². The molecule has 0 aliphatic carbocycles. The lowest BCUT2D eigenvalue weighted by atomic mass is 10.1. The maximum atomic E-state index is 11.0. The monoisotopic (exact) mass is 262 g/mol. The second-order valence-corrected chi connectivity index (χ2v) is 3.57. The number of ether oxygens (including phenoxy) is 1. The third kappa shape index (κ3) is 3.00. The lowest BCUT2D eigenvalue weighted by Gasteiger charge is -2.12. The van der Waals surface area contributed by atoms with Gasteiger partial charge in [-0.15, -0.1) is 0 Å². The molecule has 1 rings (SSSR count). The Hall–Kier alpha value is -1.59. The van der Waals surface area contributed by atoms with Gasteiger partial charge in [-0.25, -0.2) is 15.8 Å². The smallest absolute Gasteiger partial charge is 0.331 e. The van der Waals surface area contributed by atoms with E-state index < -0.39 is 43.0 Å². The van der Waals surface area contributed by atoms with Gasteiger partial charge >= 0.3 is 11.8 Å². The summed E-state index contributed by atoms with van der Waals surface area (Å²) in [6, 6.07) is 0. The van der Waals surface area contributed by atoms with Gasteiger partial charge in [0.25, 0.3) is 0 Å². The number of aliphatic hydroxyl groups excluding tert-OH is 3. The molecule has 1 heterocycles. The molecule has 0 aromatic carbocycles. The van der Waals surface area contributed by atoms with Gasteiger partial charge in [-0.3, -0.25) is 9.59 Å². The molecule has 0 aromatic rings. The van der Waals surface area contributed by atoms with Crippen molar-refractivity contribution in [2.45, 2.75) is 24.5 Å². The molecule has 1 fully saturated rings. The van der Waals surface area contributed by atoms with E-state index in [2.05, 4.69) is 10.7 Å². The van der Waals surface area contributed by atoms with E-state index >= 15 is 0 Å². The Kier molecular flexibility index (Phi) is 4.69. The highest BCUT2D eigenvalue weighted by molar-refractivity contribution is 6.36. The van der Waals surface area contributed by atoms with Crippen LogP contribution >= 0.6 is 0 Å². The summed E-state index contributed by atoms with van der Waals surface area (Å²) in [7, 11) is 0. The summed E-state index contributed by atoms with van der Waals surface area (Å²) >= 11 is 0. The zero-order valence-electron chi connectivity index (χ0n) is 9.21. The quantitative estimate of drug-likeness (QED) is 0.0853. The first-order valence-corrected chi connectivity index (χ1v) is 4.92. The van der Waals surface area contributed by atoms with E-state index in [0.29, 0.717) is 5.01 Å². The number of aliphatic hydroxyl groups is 3. The van der Waals surface area contributed by atoms with Crippen LogP contribution in [0.15, 0.2) is 4.99 Å². The molecule has 0 bridgehead atoms. The maximum Gasteiger partial charge on any atom is 0.331 e. The fourth-order valence-electron chi connectivity index (χ4n) is 1.32. The van der Waals surface area contributed by atoms with E-state index in [4.69, 9.17) is 15.7 Å². The van der Waals surface area contributed by atoms with Crippen molar-refractivity contribution in [2.24, 2.45) is 16.6 Å². The number of nitrogens with zero attached hydrogens (tertiary/aromatic N) is 2. The molecule has 0 unspecified atom stereocenters. The Morgan fingerprint density at radius 3 is 2.44 bits per heavy atom. The summed E-state index contributed by atoms with van der Waals surface area (Å²) in [5, 5.41) is 28.0. The fourth-order valence-corrected chi connectivity index (χ4v) is 1.32. The van der Waals surface area contributed by atoms with Gasteiger partial charge in [0.1, 0.15) is 24.7 Å². The van der Waals surface area contributed by atoms with E-state index in [0.717, 1.165) is 6.34 Å². The summed E-state index contributed by atoms with van der Waals surface area (Å²) in [4.78, 5) is 25.0. The zero-order chi connectivity index (χ0) is 13.9. The van der Waals surface area contributed by atoms with Crippen molar-refractivity contribution >= 4 is 18.2 Å². The molecule has 102 valence electrons. The SMILES string of the molecule is NC(=O)C(=O)N(N)C=N[C@@H]1O[C@H](CO)[C@@H](O)[C@H]1O. The molecule has 10 heteroatoms. The van der Waals surface area contributed by atoms with Gasteiger partial charge in [0.2, 0.25) is 0 Å². The Bertz CT molecular complexity index is 361. The predicted octanol–water partition coefficient (Wildman–Crippen LogP) is -4.36. The summed E-state index contributed by atoms with van der Waals surface area (Å²) in [5.74, 6) is 2.65. The first-order valence-electron chi connectivity index (χ1n) is 4.92. The van der Waals surface area contributed by atoms with Crippen molar-refractivity contribution in [3.8, 4) is 0 Å². The minimum atomic E-state index is -1.38. The highest BCUT2D eigenvalue weighted by Gasteiger charge is 2.42. The molecule has 0 aromatic heterocycles. The Balaban J connectivity index is 2.63. The number of nitrogens with two attached hydrogens (primary N) is 2. The first kappa shape index (κ1) is 14.5. The molecule has 1 aliphatic rings. The molecule has 0 radical (unpaired) electrons. The van der Waals surface area contributed by atoms with E-state index in [1.165, 1.54) is 0 Å². The van der Waals surface area contributed by atoms with Crippen molar-refractivity contribution < 1.29 is 29.6 Å². The molecule has 2 amide bonds. The zero-order valence-corrected chi connectivity index (χ0v) is 9.21. The summed E-state index contributed by atoms with van der Waals surface area (Å²) in [6.45, 7) is -0.503. The van der Waals surface area contributed by atoms with Crippen LogP contribution in [0.3, 0.4) is 0 Å².